The molecular formula is C22H16N4O6S. The first-order valence-corrected chi connectivity index (χ1v) is 10.4. The molecule has 2 amide bonds. The van der Waals surface area contributed by atoms with Gasteiger partial charge in [-0.1, -0.05) is 35.6 Å². The number of nitrogens with one attached hydrogen (secondary N) is 2. The fourth-order valence-corrected chi connectivity index (χ4v) is 3.53. The first-order chi connectivity index (χ1) is 16.0. The van der Waals surface area contributed by atoms with Gasteiger partial charge in [0.2, 0.25) is 6.79 Å². The zero-order valence-electron chi connectivity index (χ0n) is 16.9. The highest BCUT2D eigenvalue weighted by atomic mass is 32.1. The van der Waals surface area contributed by atoms with E-state index in [2.05, 4.69) is 15.8 Å². The Morgan fingerprint density at radius 1 is 1.06 bits per heavy atom. The van der Waals surface area contributed by atoms with E-state index in [-0.39, 0.29) is 17.5 Å². The molecule has 4 rings (SSSR count). The monoisotopic (exact) mass is 464 g/mol. The summed E-state index contributed by atoms with van der Waals surface area (Å²) >= 11 is 0.913. The fourth-order valence-electron chi connectivity index (χ4n) is 2.84. The zero-order chi connectivity index (χ0) is 23.2. The summed E-state index contributed by atoms with van der Waals surface area (Å²) < 4.78 is 10.6. The third kappa shape index (κ3) is 5.40. The van der Waals surface area contributed by atoms with Gasteiger partial charge in [-0.3, -0.25) is 19.7 Å². The molecule has 166 valence electrons. The molecule has 1 aliphatic heterocycles. The van der Waals surface area contributed by atoms with E-state index < -0.39 is 16.7 Å². The lowest BCUT2D eigenvalue weighted by Crippen LogP contribution is -2.32. The molecule has 11 heteroatoms. The Labute approximate surface area is 191 Å². The Hall–Kier alpha value is -4.51. The van der Waals surface area contributed by atoms with E-state index in [4.69, 9.17) is 9.47 Å². The quantitative estimate of drug-likeness (QED) is 0.239. The van der Waals surface area contributed by atoms with Crippen molar-refractivity contribution in [3.8, 4) is 11.5 Å². The van der Waals surface area contributed by atoms with E-state index in [1.807, 2.05) is 0 Å². The number of ether oxygens (including phenoxy) is 2. The van der Waals surface area contributed by atoms with E-state index in [1.165, 1.54) is 24.4 Å². The lowest BCUT2D eigenvalue weighted by atomic mass is 10.1. The average Bonchev–Trinajstić information content (AvgIpc) is 3.48. The predicted molar refractivity (Wildman–Crippen MR) is 121 cm³/mol. The van der Waals surface area contributed by atoms with Crippen LogP contribution < -0.4 is 20.2 Å². The normalized spacial score (nSPS) is 12.5. The summed E-state index contributed by atoms with van der Waals surface area (Å²) in [6, 6.07) is 16.4. The summed E-state index contributed by atoms with van der Waals surface area (Å²) in [6.07, 6.45) is 2.76. The highest BCUT2D eigenvalue weighted by Crippen LogP contribution is 2.33. The lowest BCUT2D eigenvalue weighted by Gasteiger charge is -2.09. The smallest absolute Gasteiger partial charge is 0.324 e. The largest absolute Gasteiger partial charge is 0.454 e. The Morgan fingerprint density at radius 3 is 2.61 bits per heavy atom. The number of nitrogens with zero attached hydrogens (tertiary/aromatic N) is 2. The van der Waals surface area contributed by atoms with Crippen LogP contribution in [0.4, 0.5) is 5.00 Å². The fraction of sp³-hybridized carbons (Fsp3) is 0.0455. The van der Waals surface area contributed by atoms with Crippen molar-refractivity contribution in [3.63, 3.8) is 0 Å². The van der Waals surface area contributed by atoms with Crippen molar-refractivity contribution in [2.75, 3.05) is 6.79 Å². The van der Waals surface area contributed by atoms with Crippen LogP contribution in [-0.2, 0) is 4.79 Å². The first-order valence-electron chi connectivity index (χ1n) is 9.55. The minimum atomic E-state index is -0.681. The summed E-state index contributed by atoms with van der Waals surface area (Å²) in [5.74, 6) is -0.0498. The van der Waals surface area contributed by atoms with Gasteiger partial charge in [-0.15, -0.1) is 0 Å². The Bertz CT molecular complexity index is 1270. The number of nitro groups is 1. The van der Waals surface area contributed by atoms with E-state index in [1.54, 1.807) is 48.5 Å². The minimum Gasteiger partial charge on any atom is -0.454 e. The Morgan fingerprint density at radius 2 is 1.85 bits per heavy atom. The minimum absolute atomic E-state index is 0.0405. The van der Waals surface area contributed by atoms with Crippen LogP contribution >= 0.6 is 11.3 Å². The molecule has 0 saturated heterocycles. The highest BCUT2D eigenvalue weighted by molar-refractivity contribution is 7.16. The number of benzene rings is 2. The highest BCUT2D eigenvalue weighted by Gasteiger charge is 2.17. The molecule has 0 fully saturated rings. The van der Waals surface area contributed by atoms with E-state index in [0.717, 1.165) is 11.3 Å². The number of thiophene rings is 1. The molecule has 33 heavy (non-hydrogen) atoms. The molecule has 0 aliphatic carbocycles. The van der Waals surface area contributed by atoms with Crippen LogP contribution in [0.3, 0.4) is 0 Å². The van der Waals surface area contributed by atoms with Crippen LogP contribution in [0, 0.1) is 10.1 Å². The molecule has 2 heterocycles. The van der Waals surface area contributed by atoms with Crippen LogP contribution in [0.5, 0.6) is 11.5 Å². The number of rotatable bonds is 7. The molecule has 1 aliphatic rings. The molecule has 2 aromatic carbocycles. The first kappa shape index (κ1) is 21.7. The molecule has 0 saturated carbocycles. The summed E-state index contributed by atoms with van der Waals surface area (Å²) in [4.78, 5) is 36.2. The molecule has 3 aromatic rings. The lowest BCUT2D eigenvalue weighted by molar-refractivity contribution is -0.380. The number of hydrogen-bond donors (Lipinski definition) is 2. The number of carbonyl (C=O) groups excluding carboxylic acids is 2. The maximum absolute atomic E-state index is 12.8. The van der Waals surface area contributed by atoms with Crippen LogP contribution in [0.15, 0.2) is 71.5 Å². The molecule has 1 aromatic heterocycles. The van der Waals surface area contributed by atoms with E-state index >= 15 is 0 Å². The average molecular weight is 464 g/mol. The second-order valence-electron chi connectivity index (χ2n) is 6.62. The van der Waals surface area contributed by atoms with Gasteiger partial charge in [-0.05, 0) is 42.0 Å². The molecule has 2 N–H and O–H groups in total. The number of fused-ring (bicyclic) bond motifs is 1. The van der Waals surface area contributed by atoms with Gasteiger partial charge in [0.05, 0.1) is 16.0 Å². The van der Waals surface area contributed by atoms with Crippen LogP contribution in [0.1, 0.15) is 20.8 Å². The Kier molecular flexibility index (Phi) is 6.41. The summed E-state index contributed by atoms with van der Waals surface area (Å²) in [7, 11) is 0. The number of hydrazone groups is 1. The molecule has 0 spiro atoms. The van der Waals surface area contributed by atoms with E-state index in [0.29, 0.717) is 27.5 Å². The maximum atomic E-state index is 12.8. The molecule has 0 radical (unpaired) electrons. The van der Waals surface area contributed by atoms with E-state index in [9.17, 15) is 19.7 Å². The SMILES string of the molecule is O=C(N/N=C\c1ccc([N+](=O)[O-])s1)/C(=C/c1ccc2c(c1)OCO2)NC(=O)c1ccccc1. The maximum Gasteiger partial charge on any atom is 0.324 e. The van der Waals surface area contributed by atoms with Gasteiger partial charge in [-0.2, -0.15) is 5.10 Å². The summed E-state index contributed by atoms with van der Waals surface area (Å²) in [5, 5.41) is 17.2. The van der Waals surface area contributed by atoms with Gasteiger partial charge in [0.25, 0.3) is 11.8 Å². The van der Waals surface area contributed by atoms with Gasteiger partial charge in [0.15, 0.2) is 11.5 Å². The number of hydrogen-bond acceptors (Lipinski definition) is 8. The van der Waals surface area contributed by atoms with Crippen molar-refractivity contribution in [2.45, 2.75) is 0 Å². The molecule has 0 atom stereocenters. The predicted octanol–water partition coefficient (Wildman–Crippen LogP) is 3.31. The van der Waals surface area contributed by atoms with Gasteiger partial charge < -0.3 is 14.8 Å². The van der Waals surface area contributed by atoms with Crippen molar-refractivity contribution in [3.05, 3.63) is 92.5 Å². The van der Waals surface area contributed by atoms with Crippen LogP contribution in [0.25, 0.3) is 6.08 Å². The molecule has 0 bridgehead atoms. The van der Waals surface area contributed by atoms with Gasteiger partial charge >= 0.3 is 5.00 Å². The third-order valence-corrected chi connectivity index (χ3v) is 5.36. The van der Waals surface area contributed by atoms with Crippen molar-refractivity contribution < 1.29 is 24.0 Å². The van der Waals surface area contributed by atoms with Crippen LogP contribution in [0.2, 0.25) is 0 Å². The van der Waals surface area contributed by atoms with Crippen molar-refractivity contribution >= 4 is 40.4 Å². The summed E-state index contributed by atoms with van der Waals surface area (Å²) in [5.41, 5.74) is 3.23. The molecule has 10 nitrogen and oxygen atoms in total. The number of amides is 2. The van der Waals surface area contributed by atoms with Gasteiger partial charge in [0.1, 0.15) is 5.70 Å². The standard InChI is InChI=1S/C22H16N4O6S/c27-21(15-4-2-1-3-5-15)24-17(10-14-6-8-18-19(11-14)32-13-31-18)22(28)25-23-12-16-7-9-20(33-16)26(29)30/h1-12H,13H2,(H,24,27)(H,25,28)/b17-10-,23-12-. The molecular weight excluding hydrogens is 448 g/mol. The van der Waals surface area contributed by atoms with Gasteiger partial charge in [0, 0.05) is 11.6 Å². The topological polar surface area (TPSA) is 132 Å². The number of carbonyl (C=O) groups is 2. The Balaban J connectivity index is 1.54. The van der Waals surface area contributed by atoms with Crippen molar-refractivity contribution in [2.24, 2.45) is 5.10 Å². The van der Waals surface area contributed by atoms with Crippen LogP contribution in [-0.4, -0.2) is 29.7 Å². The van der Waals surface area contributed by atoms with Gasteiger partial charge in [-0.25, -0.2) is 5.43 Å². The second kappa shape index (κ2) is 9.75. The van der Waals surface area contributed by atoms with Crippen molar-refractivity contribution in [1.82, 2.24) is 10.7 Å². The summed E-state index contributed by atoms with van der Waals surface area (Å²) in [6.45, 7) is 0.107. The second-order valence-corrected chi connectivity index (χ2v) is 7.72. The molecule has 0 unspecified atom stereocenters. The zero-order valence-corrected chi connectivity index (χ0v) is 17.7. The third-order valence-electron chi connectivity index (χ3n) is 4.39. The van der Waals surface area contributed by atoms with Crippen molar-refractivity contribution in [1.29, 1.82) is 0 Å².